The number of benzene rings is 2. The summed E-state index contributed by atoms with van der Waals surface area (Å²) in [5.41, 5.74) is 2.55. The summed E-state index contributed by atoms with van der Waals surface area (Å²) in [6.07, 6.45) is 8.23. The molecule has 172 valence electrons. The second-order valence-corrected chi connectivity index (χ2v) is 7.44. The highest BCUT2D eigenvalue weighted by Gasteiger charge is 2.13. The number of rotatable bonds is 10. The molecule has 2 aliphatic rings. The molecule has 0 radical (unpaired) electrons. The Balaban J connectivity index is 0.000000213. The highest BCUT2D eigenvalue weighted by Crippen LogP contribution is 2.33. The summed E-state index contributed by atoms with van der Waals surface area (Å²) in [4.78, 5) is 0. The molecule has 31 heavy (non-hydrogen) atoms. The molecule has 0 unspecified atom stereocenters. The first-order valence-electron chi connectivity index (χ1n) is 10.8. The van der Waals surface area contributed by atoms with E-state index in [-0.39, 0.29) is 13.5 Å². The molecule has 0 spiro atoms. The Kier molecular flexibility index (Phi) is 11.4. The van der Waals surface area contributed by atoms with Crippen molar-refractivity contribution in [3.63, 3.8) is 0 Å². The van der Waals surface area contributed by atoms with Gasteiger partial charge in [-0.25, -0.2) is 0 Å². The van der Waals surface area contributed by atoms with Gasteiger partial charge in [-0.15, -0.1) is 0 Å². The van der Waals surface area contributed by atoms with E-state index < -0.39 is 0 Å². The van der Waals surface area contributed by atoms with Crippen LogP contribution in [0.5, 0.6) is 23.0 Å². The topological polar surface area (TPSA) is 77.4 Å². The Morgan fingerprint density at radius 1 is 0.548 bits per heavy atom. The molecule has 0 amide bonds. The Morgan fingerprint density at radius 2 is 0.968 bits per heavy atom. The van der Waals surface area contributed by atoms with E-state index in [1.165, 1.54) is 11.1 Å². The average molecular weight is 451 g/mol. The molecule has 7 heteroatoms. The van der Waals surface area contributed by atoms with Crippen molar-refractivity contribution in [2.75, 3.05) is 26.8 Å². The van der Waals surface area contributed by atoms with Crippen LogP contribution in [0.4, 0.5) is 0 Å². The molecule has 0 fully saturated rings. The fourth-order valence-corrected chi connectivity index (χ4v) is 3.43. The molecule has 0 bridgehead atoms. The van der Waals surface area contributed by atoms with Crippen molar-refractivity contribution >= 4 is 13.5 Å². The summed E-state index contributed by atoms with van der Waals surface area (Å²) in [6.45, 7) is 1.26. The zero-order valence-electron chi connectivity index (χ0n) is 18.0. The zero-order chi connectivity index (χ0) is 21.0. The van der Waals surface area contributed by atoms with Crippen LogP contribution in [0.1, 0.15) is 49.7 Å². The van der Waals surface area contributed by atoms with Gasteiger partial charge in [0, 0.05) is 13.2 Å². The van der Waals surface area contributed by atoms with Crippen LogP contribution >= 0.6 is 13.5 Å². The summed E-state index contributed by atoms with van der Waals surface area (Å²) < 4.78 is 21.1. The van der Waals surface area contributed by atoms with Crippen LogP contribution in [0.2, 0.25) is 0 Å². The predicted octanol–water partition coefficient (Wildman–Crippen LogP) is 4.35. The maximum atomic E-state index is 8.65. The molecule has 6 nitrogen and oxygen atoms in total. The fourth-order valence-electron chi connectivity index (χ4n) is 3.43. The van der Waals surface area contributed by atoms with E-state index in [1.807, 2.05) is 24.3 Å². The van der Waals surface area contributed by atoms with Gasteiger partial charge in [0.15, 0.2) is 23.0 Å². The predicted molar refractivity (Wildman–Crippen MR) is 125 cm³/mol. The van der Waals surface area contributed by atoms with E-state index in [1.54, 1.807) is 0 Å². The SMILES string of the molecule is OCCCCCc1ccc2c(c1)OCO2.OCCCCCc1ccc2c(c1)OCO2.S. The number of ether oxygens (including phenoxy) is 4. The molecule has 2 heterocycles. The van der Waals surface area contributed by atoms with Crippen LogP contribution in [-0.4, -0.2) is 37.0 Å². The van der Waals surface area contributed by atoms with Gasteiger partial charge in [-0.3, -0.25) is 0 Å². The minimum absolute atomic E-state index is 0. The first-order valence-corrected chi connectivity index (χ1v) is 10.8. The van der Waals surface area contributed by atoms with Crippen LogP contribution in [0.15, 0.2) is 36.4 Å². The second kappa shape index (κ2) is 14.1. The van der Waals surface area contributed by atoms with Crippen LogP contribution in [-0.2, 0) is 12.8 Å². The largest absolute Gasteiger partial charge is 0.454 e. The molecule has 4 rings (SSSR count). The van der Waals surface area contributed by atoms with Crippen LogP contribution in [0.3, 0.4) is 0 Å². The first-order chi connectivity index (χ1) is 14.8. The lowest BCUT2D eigenvalue weighted by atomic mass is 10.1. The summed E-state index contributed by atoms with van der Waals surface area (Å²) in [5.74, 6) is 3.40. The van der Waals surface area contributed by atoms with Gasteiger partial charge in [-0.2, -0.15) is 13.5 Å². The Morgan fingerprint density at radius 3 is 1.39 bits per heavy atom. The van der Waals surface area contributed by atoms with E-state index in [9.17, 15) is 0 Å². The third-order valence-corrected chi connectivity index (χ3v) is 5.12. The molecule has 2 aromatic carbocycles. The number of aliphatic hydroxyl groups excluding tert-OH is 2. The summed E-state index contributed by atoms with van der Waals surface area (Å²) in [7, 11) is 0. The lowest BCUT2D eigenvalue weighted by Crippen LogP contribution is -1.93. The van der Waals surface area contributed by atoms with Crippen LogP contribution < -0.4 is 18.9 Å². The Bertz CT molecular complexity index is 717. The normalized spacial score (nSPS) is 12.7. The minimum Gasteiger partial charge on any atom is -0.454 e. The van der Waals surface area contributed by atoms with Crippen molar-refractivity contribution in [2.24, 2.45) is 0 Å². The third kappa shape index (κ3) is 8.16. The molecule has 2 N–H and O–H groups in total. The number of aryl methyl sites for hydroxylation is 2. The lowest BCUT2D eigenvalue weighted by Gasteiger charge is -2.02. The molecule has 0 aliphatic carbocycles. The van der Waals surface area contributed by atoms with Crippen LogP contribution in [0, 0.1) is 0 Å². The highest BCUT2D eigenvalue weighted by atomic mass is 32.1. The van der Waals surface area contributed by atoms with Crippen molar-refractivity contribution in [1.82, 2.24) is 0 Å². The quantitative estimate of drug-likeness (QED) is 0.524. The van der Waals surface area contributed by atoms with Crippen LogP contribution in [0.25, 0.3) is 0 Å². The minimum atomic E-state index is 0. The summed E-state index contributed by atoms with van der Waals surface area (Å²) in [5, 5.41) is 17.3. The number of fused-ring (bicyclic) bond motifs is 2. The highest BCUT2D eigenvalue weighted by molar-refractivity contribution is 7.59. The Hall–Kier alpha value is -2.09. The van der Waals surface area contributed by atoms with Crippen molar-refractivity contribution in [3.8, 4) is 23.0 Å². The number of hydrogen-bond acceptors (Lipinski definition) is 6. The van der Waals surface area contributed by atoms with Gasteiger partial charge in [0.1, 0.15) is 0 Å². The molecule has 0 saturated heterocycles. The van der Waals surface area contributed by atoms with Crippen molar-refractivity contribution < 1.29 is 29.2 Å². The van der Waals surface area contributed by atoms with Gasteiger partial charge in [-0.05, 0) is 73.9 Å². The smallest absolute Gasteiger partial charge is 0.231 e. The summed E-state index contributed by atoms with van der Waals surface area (Å²) in [6, 6.07) is 12.2. The van der Waals surface area contributed by atoms with E-state index in [4.69, 9.17) is 29.2 Å². The lowest BCUT2D eigenvalue weighted by molar-refractivity contribution is 0.173. The van der Waals surface area contributed by atoms with E-state index in [0.717, 1.165) is 74.4 Å². The van der Waals surface area contributed by atoms with Gasteiger partial charge in [0.25, 0.3) is 0 Å². The molecular weight excluding hydrogens is 416 g/mol. The molecule has 2 aliphatic heterocycles. The molecule has 2 aromatic rings. The van der Waals surface area contributed by atoms with Gasteiger partial charge in [-0.1, -0.05) is 25.0 Å². The average Bonchev–Trinajstić information content (AvgIpc) is 3.43. The molecule has 0 saturated carbocycles. The number of hydrogen-bond donors (Lipinski definition) is 2. The number of aliphatic hydroxyl groups is 2. The van der Waals surface area contributed by atoms with Gasteiger partial charge >= 0.3 is 0 Å². The molecular formula is C24H34O6S. The zero-order valence-corrected chi connectivity index (χ0v) is 19.0. The van der Waals surface area contributed by atoms with E-state index in [2.05, 4.69) is 12.1 Å². The van der Waals surface area contributed by atoms with Crippen molar-refractivity contribution in [3.05, 3.63) is 47.5 Å². The molecule has 0 aromatic heterocycles. The second-order valence-electron chi connectivity index (χ2n) is 7.44. The summed E-state index contributed by atoms with van der Waals surface area (Å²) >= 11 is 0. The maximum Gasteiger partial charge on any atom is 0.231 e. The Labute approximate surface area is 191 Å². The monoisotopic (exact) mass is 450 g/mol. The van der Waals surface area contributed by atoms with Gasteiger partial charge < -0.3 is 29.2 Å². The fraction of sp³-hybridized carbons (Fsp3) is 0.500. The van der Waals surface area contributed by atoms with E-state index in [0.29, 0.717) is 26.8 Å². The first kappa shape index (κ1) is 25.2. The maximum absolute atomic E-state index is 8.65. The molecule has 0 atom stereocenters. The standard InChI is InChI=1S/2C12H16O3.H2S/c2*13-7-3-1-2-4-10-5-6-11-12(8-10)15-9-14-11;/h2*5-6,8,13H,1-4,7,9H2;1H2. The van der Waals surface area contributed by atoms with Crippen molar-refractivity contribution in [2.45, 2.75) is 51.4 Å². The van der Waals surface area contributed by atoms with Gasteiger partial charge in [0.2, 0.25) is 13.6 Å². The third-order valence-electron chi connectivity index (χ3n) is 5.12. The van der Waals surface area contributed by atoms with Gasteiger partial charge in [0.05, 0.1) is 0 Å². The van der Waals surface area contributed by atoms with E-state index >= 15 is 0 Å². The number of unbranched alkanes of at least 4 members (excludes halogenated alkanes) is 4. The van der Waals surface area contributed by atoms with Crippen molar-refractivity contribution in [1.29, 1.82) is 0 Å².